The maximum atomic E-state index is 5.34. The molecule has 2 rings (SSSR count). The van der Waals surface area contributed by atoms with Gasteiger partial charge in [0, 0.05) is 38.0 Å². The molecule has 0 aliphatic carbocycles. The normalized spacial score (nSPS) is 12.2. The third kappa shape index (κ3) is 3.76. The van der Waals surface area contributed by atoms with Gasteiger partial charge in [0.25, 0.3) is 0 Å². The molecule has 114 valence electrons. The zero-order valence-corrected chi connectivity index (χ0v) is 13.1. The summed E-state index contributed by atoms with van der Waals surface area (Å²) in [5.74, 6) is 2.70. The molecule has 0 saturated carbocycles. The molecule has 1 aromatic carbocycles. The smallest absolute Gasteiger partial charge is 0.122 e. The highest BCUT2D eigenvalue weighted by Gasteiger charge is 2.13. The minimum Gasteiger partial charge on any atom is -0.497 e. The molecule has 1 N–H and O–H groups in total. The number of ether oxygens (including phenoxy) is 2. The summed E-state index contributed by atoms with van der Waals surface area (Å²) in [6, 6.07) is 6.20. The number of nitrogens with one attached hydrogen (secondary N) is 1. The van der Waals surface area contributed by atoms with E-state index in [1.165, 1.54) is 0 Å². The van der Waals surface area contributed by atoms with Crippen LogP contribution in [0, 0.1) is 0 Å². The molecule has 0 radical (unpaired) electrons. The molecule has 2 aromatic rings. The van der Waals surface area contributed by atoms with Gasteiger partial charge in [0.2, 0.25) is 0 Å². The van der Waals surface area contributed by atoms with E-state index in [1.54, 1.807) is 14.2 Å². The van der Waals surface area contributed by atoms with Gasteiger partial charge in [-0.1, -0.05) is 0 Å². The van der Waals surface area contributed by atoms with Crippen LogP contribution in [0.4, 0.5) is 0 Å². The van der Waals surface area contributed by atoms with E-state index in [0.29, 0.717) is 0 Å². The van der Waals surface area contributed by atoms with Gasteiger partial charge in [0.15, 0.2) is 0 Å². The van der Waals surface area contributed by atoms with Crippen LogP contribution in [0.1, 0.15) is 23.9 Å². The maximum Gasteiger partial charge on any atom is 0.122 e. The molecule has 0 aliphatic heterocycles. The first-order valence-corrected chi connectivity index (χ1v) is 7.04. The Labute approximate surface area is 125 Å². The Morgan fingerprint density at radius 1 is 1.19 bits per heavy atom. The third-order valence-corrected chi connectivity index (χ3v) is 3.70. The van der Waals surface area contributed by atoms with E-state index in [1.807, 2.05) is 44.7 Å². The van der Waals surface area contributed by atoms with E-state index in [4.69, 9.17) is 9.47 Å². The van der Waals surface area contributed by atoms with Crippen molar-refractivity contribution < 1.29 is 9.47 Å². The monoisotopic (exact) mass is 289 g/mol. The van der Waals surface area contributed by atoms with Gasteiger partial charge in [0.05, 0.1) is 14.2 Å². The van der Waals surface area contributed by atoms with E-state index >= 15 is 0 Å². The van der Waals surface area contributed by atoms with Crippen LogP contribution < -0.4 is 14.8 Å². The topological polar surface area (TPSA) is 48.3 Å². The molecular weight excluding hydrogens is 266 g/mol. The average molecular weight is 289 g/mol. The number of rotatable bonds is 7. The van der Waals surface area contributed by atoms with Crippen molar-refractivity contribution in [2.75, 3.05) is 21.3 Å². The fourth-order valence-electron chi connectivity index (χ4n) is 2.42. The van der Waals surface area contributed by atoms with Crippen molar-refractivity contribution in [2.45, 2.75) is 18.9 Å². The van der Waals surface area contributed by atoms with Crippen molar-refractivity contribution in [3.8, 4) is 11.5 Å². The molecule has 0 bridgehead atoms. The second-order valence-corrected chi connectivity index (χ2v) is 4.98. The SMILES string of the molecule is CNC(CCc1nccn1C)c1cc(OC)cc(OC)c1. The largest absolute Gasteiger partial charge is 0.497 e. The van der Waals surface area contributed by atoms with Gasteiger partial charge in [0.1, 0.15) is 17.3 Å². The van der Waals surface area contributed by atoms with Crippen LogP contribution in [-0.4, -0.2) is 30.8 Å². The first-order valence-electron chi connectivity index (χ1n) is 7.04. The van der Waals surface area contributed by atoms with Crippen molar-refractivity contribution in [1.29, 1.82) is 0 Å². The number of hydrogen-bond donors (Lipinski definition) is 1. The van der Waals surface area contributed by atoms with Crippen LogP contribution in [0.5, 0.6) is 11.5 Å². The molecule has 0 saturated heterocycles. The van der Waals surface area contributed by atoms with Crippen LogP contribution >= 0.6 is 0 Å². The van der Waals surface area contributed by atoms with Gasteiger partial charge >= 0.3 is 0 Å². The lowest BCUT2D eigenvalue weighted by molar-refractivity contribution is 0.391. The molecule has 5 heteroatoms. The maximum absolute atomic E-state index is 5.34. The molecular formula is C16H23N3O2. The molecule has 1 heterocycles. The summed E-state index contributed by atoms with van der Waals surface area (Å²) in [4.78, 5) is 4.37. The Kier molecular flexibility index (Phi) is 5.22. The van der Waals surface area contributed by atoms with Crippen molar-refractivity contribution in [3.05, 3.63) is 42.0 Å². The quantitative estimate of drug-likeness (QED) is 0.850. The minimum atomic E-state index is 0.227. The Balaban J connectivity index is 2.14. The first-order chi connectivity index (χ1) is 10.2. The zero-order chi connectivity index (χ0) is 15.2. The Bertz CT molecular complexity index is 558. The molecule has 1 atom stereocenters. The second-order valence-electron chi connectivity index (χ2n) is 4.98. The predicted molar refractivity (Wildman–Crippen MR) is 82.9 cm³/mol. The molecule has 21 heavy (non-hydrogen) atoms. The number of aromatic nitrogens is 2. The zero-order valence-electron chi connectivity index (χ0n) is 13.1. The summed E-state index contributed by atoms with van der Waals surface area (Å²) < 4.78 is 12.7. The molecule has 1 unspecified atom stereocenters. The van der Waals surface area contributed by atoms with Crippen LogP contribution in [0.3, 0.4) is 0 Å². The number of aryl methyl sites for hydroxylation is 2. The highest BCUT2D eigenvalue weighted by atomic mass is 16.5. The average Bonchev–Trinajstić information content (AvgIpc) is 2.92. The number of imidazole rings is 1. The lowest BCUT2D eigenvalue weighted by atomic mass is 10.0. The van der Waals surface area contributed by atoms with Gasteiger partial charge in [-0.2, -0.15) is 0 Å². The molecule has 0 amide bonds. The Hall–Kier alpha value is -2.01. The van der Waals surface area contributed by atoms with E-state index in [9.17, 15) is 0 Å². The van der Waals surface area contributed by atoms with E-state index < -0.39 is 0 Å². The van der Waals surface area contributed by atoms with Crippen LogP contribution in [-0.2, 0) is 13.5 Å². The molecule has 5 nitrogen and oxygen atoms in total. The van der Waals surface area contributed by atoms with E-state index in [2.05, 4.69) is 14.9 Å². The summed E-state index contributed by atoms with van der Waals surface area (Å²) >= 11 is 0. The summed E-state index contributed by atoms with van der Waals surface area (Å²) in [7, 11) is 7.32. The lowest BCUT2D eigenvalue weighted by Gasteiger charge is -2.18. The number of nitrogens with zero attached hydrogens (tertiary/aromatic N) is 2. The Morgan fingerprint density at radius 3 is 2.33 bits per heavy atom. The van der Waals surface area contributed by atoms with Gasteiger partial charge in [-0.3, -0.25) is 0 Å². The van der Waals surface area contributed by atoms with Crippen LogP contribution in [0.2, 0.25) is 0 Å². The lowest BCUT2D eigenvalue weighted by Crippen LogP contribution is -2.18. The molecule has 0 fully saturated rings. The Morgan fingerprint density at radius 2 is 1.86 bits per heavy atom. The van der Waals surface area contributed by atoms with Crippen molar-refractivity contribution in [3.63, 3.8) is 0 Å². The number of methoxy groups -OCH3 is 2. The summed E-state index contributed by atoms with van der Waals surface area (Å²) in [5.41, 5.74) is 1.16. The van der Waals surface area contributed by atoms with Gasteiger partial charge in [-0.15, -0.1) is 0 Å². The van der Waals surface area contributed by atoms with Gasteiger partial charge in [-0.05, 0) is 31.2 Å². The molecule has 0 aliphatic rings. The highest BCUT2D eigenvalue weighted by Crippen LogP contribution is 2.28. The standard InChI is InChI=1S/C16H23N3O2/c1-17-15(5-6-16-18-7-8-19(16)2)12-9-13(20-3)11-14(10-12)21-4/h7-11,15,17H,5-6H2,1-4H3. The second kappa shape index (κ2) is 7.13. The van der Waals surface area contributed by atoms with Gasteiger partial charge in [-0.25, -0.2) is 4.98 Å². The molecule has 0 spiro atoms. The van der Waals surface area contributed by atoms with Crippen molar-refractivity contribution in [2.24, 2.45) is 7.05 Å². The van der Waals surface area contributed by atoms with Crippen molar-refractivity contribution in [1.82, 2.24) is 14.9 Å². The third-order valence-electron chi connectivity index (χ3n) is 3.70. The fourth-order valence-corrected chi connectivity index (χ4v) is 2.42. The highest BCUT2D eigenvalue weighted by molar-refractivity contribution is 5.39. The predicted octanol–water partition coefficient (Wildman–Crippen LogP) is 2.33. The fraction of sp³-hybridized carbons (Fsp3) is 0.438. The molecule has 1 aromatic heterocycles. The minimum absolute atomic E-state index is 0.227. The number of hydrogen-bond acceptors (Lipinski definition) is 4. The summed E-state index contributed by atoms with van der Waals surface area (Å²) in [5, 5.41) is 3.35. The van der Waals surface area contributed by atoms with Crippen molar-refractivity contribution >= 4 is 0 Å². The van der Waals surface area contributed by atoms with Crippen LogP contribution in [0.15, 0.2) is 30.6 Å². The van der Waals surface area contributed by atoms with E-state index in [-0.39, 0.29) is 6.04 Å². The summed E-state index contributed by atoms with van der Waals surface area (Å²) in [6.45, 7) is 0. The van der Waals surface area contributed by atoms with Gasteiger partial charge < -0.3 is 19.4 Å². The van der Waals surface area contributed by atoms with E-state index in [0.717, 1.165) is 35.7 Å². The number of benzene rings is 1. The van der Waals surface area contributed by atoms with Crippen LogP contribution in [0.25, 0.3) is 0 Å². The summed E-state index contributed by atoms with van der Waals surface area (Å²) in [6.07, 6.45) is 5.67. The first kappa shape index (κ1) is 15.4.